The van der Waals surface area contributed by atoms with Crippen LogP contribution in [0.25, 0.3) is 11.4 Å². The predicted molar refractivity (Wildman–Crippen MR) is 94.0 cm³/mol. The standard InChI is InChI=1S/C20H24N2O2/c1-3-13(2)10-14-4-9-18-17(11-14)12-21-19(22-18)15-5-7-16(8-6-15)20(23)24/h5-8,12-14H,3-4,9-11H2,1-2H3,(H,23,24). The van der Waals surface area contributed by atoms with Crippen molar-refractivity contribution >= 4 is 5.97 Å². The van der Waals surface area contributed by atoms with Crippen LogP contribution in [0.15, 0.2) is 30.5 Å². The molecule has 3 rings (SSSR count). The summed E-state index contributed by atoms with van der Waals surface area (Å²) in [6.45, 7) is 4.59. The van der Waals surface area contributed by atoms with Crippen LogP contribution in [-0.2, 0) is 12.8 Å². The van der Waals surface area contributed by atoms with Gasteiger partial charge < -0.3 is 5.11 Å². The molecule has 1 heterocycles. The van der Waals surface area contributed by atoms with Crippen molar-refractivity contribution in [3.63, 3.8) is 0 Å². The van der Waals surface area contributed by atoms with Crippen molar-refractivity contribution in [3.05, 3.63) is 47.3 Å². The number of carboxylic acids is 1. The zero-order valence-electron chi connectivity index (χ0n) is 14.3. The van der Waals surface area contributed by atoms with Crippen LogP contribution in [0, 0.1) is 11.8 Å². The second kappa shape index (κ2) is 7.12. The highest BCUT2D eigenvalue weighted by Gasteiger charge is 2.22. The molecule has 0 saturated carbocycles. The molecule has 0 amide bonds. The number of hydrogen-bond acceptors (Lipinski definition) is 3. The number of carbonyl (C=O) groups is 1. The Morgan fingerprint density at radius 3 is 2.75 bits per heavy atom. The van der Waals surface area contributed by atoms with Gasteiger partial charge in [0.15, 0.2) is 5.82 Å². The Bertz CT molecular complexity index is 725. The molecule has 1 aliphatic rings. The van der Waals surface area contributed by atoms with Crippen LogP contribution < -0.4 is 0 Å². The van der Waals surface area contributed by atoms with Gasteiger partial charge in [-0.3, -0.25) is 0 Å². The largest absolute Gasteiger partial charge is 0.478 e. The monoisotopic (exact) mass is 324 g/mol. The molecule has 0 radical (unpaired) electrons. The normalized spacial score (nSPS) is 18.0. The van der Waals surface area contributed by atoms with Crippen LogP contribution in [-0.4, -0.2) is 21.0 Å². The van der Waals surface area contributed by atoms with Crippen LogP contribution >= 0.6 is 0 Å². The molecule has 1 N–H and O–H groups in total. The van der Waals surface area contributed by atoms with Gasteiger partial charge in [0, 0.05) is 17.5 Å². The maximum atomic E-state index is 10.9. The zero-order valence-corrected chi connectivity index (χ0v) is 14.3. The van der Waals surface area contributed by atoms with Crippen LogP contribution in [0.5, 0.6) is 0 Å². The minimum absolute atomic E-state index is 0.282. The van der Waals surface area contributed by atoms with Gasteiger partial charge in [0.1, 0.15) is 0 Å². The lowest BCUT2D eigenvalue weighted by molar-refractivity contribution is 0.0697. The van der Waals surface area contributed by atoms with Crippen molar-refractivity contribution < 1.29 is 9.90 Å². The first-order valence-electron chi connectivity index (χ1n) is 8.75. The Labute approximate surface area is 143 Å². The zero-order chi connectivity index (χ0) is 17.1. The molecular weight excluding hydrogens is 300 g/mol. The number of aryl methyl sites for hydroxylation is 1. The van der Waals surface area contributed by atoms with Crippen LogP contribution in [0.1, 0.15) is 54.7 Å². The summed E-state index contributed by atoms with van der Waals surface area (Å²) in [5.74, 6) is 1.30. The summed E-state index contributed by atoms with van der Waals surface area (Å²) >= 11 is 0. The van der Waals surface area contributed by atoms with Gasteiger partial charge >= 0.3 is 5.97 Å². The quantitative estimate of drug-likeness (QED) is 0.886. The van der Waals surface area contributed by atoms with Gasteiger partial charge in [0.05, 0.1) is 5.56 Å². The molecule has 24 heavy (non-hydrogen) atoms. The van der Waals surface area contributed by atoms with E-state index < -0.39 is 5.97 Å². The first-order valence-corrected chi connectivity index (χ1v) is 8.75. The fraction of sp³-hybridized carbons (Fsp3) is 0.450. The van der Waals surface area contributed by atoms with E-state index in [9.17, 15) is 4.79 Å². The van der Waals surface area contributed by atoms with Crippen molar-refractivity contribution in [2.45, 2.75) is 46.0 Å². The summed E-state index contributed by atoms with van der Waals surface area (Å²) in [7, 11) is 0. The van der Waals surface area contributed by atoms with Crippen LogP contribution in [0.2, 0.25) is 0 Å². The Morgan fingerprint density at radius 1 is 1.33 bits per heavy atom. The highest BCUT2D eigenvalue weighted by atomic mass is 16.4. The number of aromatic carboxylic acids is 1. The first kappa shape index (κ1) is 16.6. The van der Waals surface area contributed by atoms with E-state index in [0.717, 1.165) is 35.9 Å². The van der Waals surface area contributed by atoms with E-state index in [1.165, 1.54) is 24.8 Å². The Kier molecular flexibility index (Phi) is 4.93. The molecule has 0 bridgehead atoms. The number of rotatable bonds is 5. The maximum Gasteiger partial charge on any atom is 0.335 e. The summed E-state index contributed by atoms with van der Waals surface area (Å²) in [5, 5.41) is 8.98. The lowest BCUT2D eigenvalue weighted by atomic mass is 9.81. The summed E-state index contributed by atoms with van der Waals surface area (Å²) < 4.78 is 0. The molecule has 126 valence electrons. The van der Waals surface area contributed by atoms with Gasteiger partial charge in [-0.25, -0.2) is 14.8 Å². The van der Waals surface area contributed by atoms with Crippen LogP contribution in [0.3, 0.4) is 0 Å². The second-order valence-corrected chi connectivity index (χ2v) is 6.91. The van der Waals surface area contributed by atoms with Crippen molar-refractivity contribution in [2.75, 3.05) is 0 Å². The molecule has 2 atom stereocenters. The summed E-state index contributed by atoms with van der Waals surface area (Å²) in [5.41, 5.74) is 3.58. The molecule has 0 fully saturated rings. The molecule has 4 nitrogen and oxygen atoms in total. The van der Waals surface area contributed by atoms with Gasteiger partial charge in [-0.05, 0) is 55.2 Å². The van der Waals surface area contributed by atoms with E-state index in [1.807, 2.05) is 6.20 Å². The number of fused-ring (bicyclic) bond motifs is 1. The average Bonchev–Trinajstić information content (AvgIpc) is 2.61. The van der Waals surface area contributed by atoms with E-state index >= 15 is 0 Å². The van der Waals surface area contributed by atoms with E-state index in [1.54, 1.807) is 24.3 Å². The third-order valence-corrected chi connectivity index (χ3v) is 5.07. The third kappa shape index (κ3) is 3.64. The minimum Gasteiger partial charge on any atom is -0.478 e. The van der Waals surface area contributed by atoms with E-state index in [4.69, 9.17) is 10.1 Å². The molecule has 2 aromatic rings. The van der Waals surface area contributed by atoms with Crippen LogP contribution in [0.4, 0.5) is 0 Å². The van der Waals surface area contributed by atoms with Crippen molar-refractivity contribution in [2.24, 2.45) is 11.8 Å². The third-order valence-electron chi connectivity index (χ3n) is 5.07. The molecule has 0 aliphatic heterocycles. The van der Waals surface area contributed by atoms with E-state index in [2.05, 4.69) is 18.8 Å². The second-order valence-electron chi connectivity index (χ2n) is 6.91. The molecule has 0 spiro atoms. The van der Waals surface area contributed by atoms with Crippen molar-refractivity contribution in [3.8, 4) is 11.4 Å². The molecular formula is C20H24N2O2. The molecule has 4 heteroatoms. The van der Waals surface area contributed by atoms with E-state index in [-0.39, 0.29) is 5.56 Å². The summed E-state index contributed by atoms with van der Waals surface area (Å²) in [6.07, 6.45) is 7.79. The fourth-order valence-electron chi connectivity index (χ4n) is 3.42. The Morgan fingerprint density at radius 2 is 2.08 bits per heavy atom. The number of hydrogen-bond donors (Lipinski definition) is 1. The van der Waals surface area contributed by atoms with Gasteiger partial charge in [-0.1, -0.05) is 32.4 Å². The molecule has 2 unspecified atom stereocenters. The Hall–Kier alpha value is -2.23. The highest BCUT2D eigenvalue weighted by molar-refractivity contribution is 5.88. The number of benzene rings is 1. The number of aromatic nitrogens is 2. The molecule has 1 aromatic heterocycles. The summed E-state index contributed by atoms with van der Waals surface area (Å²) in [6, 6.07) is 6.75. The van der Waals surface area contributed by atoms with Gasteiger partial charge in [-0.2, -0.15) is 0 Å². The van der Waals surface area contributed by atoms with E-state index in [0.29, 0.717) is 5.82 Å². The lowest BCUT2D eigenvalue weighted by Gasteiger charge is -2.26. The minimum atomic E-state index is -0.916. The smallest absolute Gasteiger partial charge is 0.335 e. The van der Waals surface area contributed by atoms with Crippen molar-refractivity contribution in [1.29, 1.82) is 0 Å². The number of nitrogens with zero attached hydrogens (tertiary/aromatic N) is 2. The van der Waals surface area contributed by atoms with Gasteiger partial charge in [0.25, 0.3) is 0 Å². The Balaban J connectivity index is 1.76. The topological polar surface area (TPSA) is 63.1 Å². The number of carboxylic acid groups (broad SMARTS) is 1. The average molecular weight is 324 g/mol. The van der Waals surface area contributed by atoms with Gasteiger partial charge in [0.2, 0.25) is 0 Å². The van der Waals surface area contributed by atoms with Gasteiger partial charge in [-0.15, -0.1) is 0 Å². The first-order chi connectivity index (χ1) is 11.6. The molecule has 0 saturated heterocycles. The van der Waals surface area contributed by atoms with Crippen molar-refractivity contribution in [1.82, 2.24) is 9.97 Å². The lowest BCUT2D eigenvalue weighted by Crippen LogP contribution is -2.18. The SMILES string of the molecule is CCC(C)CC1CCc2nc(-c3ccc(C(=O)O)cc3)ncc2C1. The molecule has 1 aliphatic carbocycles. The fourth-order valence-corrected chi connectivity index (χ4v) is 3.42. The maximum absolute atomic E-state index is 10.9. The highest BCUT2D eigenvalue weighted by Crippen LogP contribution is 2.30. The summed E-state index contributed by atoms with van der Waals surface area (Å²) in [4.78, 5) is 20.2. The predicted octanol–water partition coefficient (Wildman–Crippen LogP) is 4.38. The molecule has 1 aromatic carbocycles.